The fourth-order valence-corrected chi connectivity index (χ4v) is 1.84. The van der Waals surface area contributed by atoms with E-state index in [-0.39, 0.29) is 0 Å². The van der Waals surface area contributed by atoms with Crippen LogP contribution in [-0.4, -0.2) is 34.8 Å². The third kappa shape index (κ3) is 3.99. The molecule has 102 valence electrons. The van der Waals surface area contributed by atoms with E-state index in [0.717, 1.165) is 24.4 Å². The van der Waals surface area contributed by atoms with E-state index in [0.29, 0.717) is 13.1 Å². The Morgan fingerprint density at radius 2 is 2.33 bits per heavy atom. The van der Waals surface area contributed by atoms with Crippen molar-refractivity contribution in [1.29, 1.82) is 0 Å². The Hall–Kier alpha value is -1.07. The van der Waals surface area contributed by atoms with E-state index < -0.39 is 11.3 Å². The van der Waals surface area contributed by atoms with Crippen molar-refractivity contribution in [2.24, 2.45) is 0 Å². The molecule has 0 amide bonds. The summed E-state index contributed by atoms with van der Waals surface area (Å²) < 4.78 is 6.50. The van der Waals surface area contributed by atoms with Crippen molar-refractivity contribution in [2.45, 2.75) is 38.7 Å². The minimum atomic E-state index is -0.654. The highest BCUT2D eigenvalue weighted by Crippen LogP contribution is 2.06. The zero-order valence-corrected chi connectivity index (χ0v) is 11.8. The van der Waals surface area contributed by atoms with Gasteiger partial charge in [0.1, 0.15) is 5.38 Å². The number of nitrogens with one attached hydrogen (secondary N) is 1. The number of esters is 1. The first-order valence-corrected chi connectivity index (χ1v) is 6.54. The van der Waals surface area contributed by atoms with Crippen LogP contribution in [0.3, 0.4) is 0 Å². The van der Waals surface area contributed by atoms with Crippen LogP contribution >= 0.6 is 11.6 Å². The number of hydrogen-bond donors (Lipinski definition) is 1. The Kier molecular flexibility index (Phi) is 6.15. The van der Waals surface area contributed by atoms with Crippen molar-refractivity contribution >= 4 is 17.6 Å². The van der Waals surface area contributed by atoms with E-state index in [1.165, 1.54) is 7.11 Å². The number of methoxy groups -OCH3 is 1. The highest BCUT2D eigenvalue weighted by molar-refractivity contribution is 6.30. The number of hydrogen-bond acceptors (Lipinski definition) is 4. The first-order valence-electron chi connectivity index (χ1n) is 6.10. The van der Waals surface area contributed by atoms with Crippen LogP contribution in [0.5, 0.6) is 0 Å². The number of alkyl halides is 1. The van der Waals surface area contributed by atoms with Gasteiger partial charge in [0.05, 0.1) is 18.5 Å². The number of ether oxygens (including phenoxy) is 1. The third-order valence-corrected chi connectivity index (χ3v) is 2.99. The van der Waals surface area contributed by atoms with E-state index in [2.05, 4.69) is 35.1 Å². The quantitative estimate of drug-likeness (QED) is 0.602. The van der Waals surface area contributed by atoms with Gasteiger partial charge in [-0.05, 0) is 19.4 Å². The lowest BCUT2D eigenvalue weighted by atomic mass is 10.3. The van der Waals surface area contributed by atoms with Crippen molar-refractivity contribution in [2.75, 3.05) is 13.7 Å². The van der Waals surface area contributed by atoms with Gasteiger partial charge < -0.3 is 10.1 Å². The summed E-state index contributed by atoms with van der Waals surface area (Å²) >= 11 is 5.84. The predicted molar refractivity (Wildman–Crippen MR) is 70.6 cm³/mol. The maximum atomic E-state index is 11.1. The Labute approximate surface area is 112 Å². The van der Waals surface area contributed by atoms with E-state index in [1.54, 1.807) is 0 Å². The van der Waals surface area contributed by atoms with Crippen LogP contribution in [-0.2, 0) is 29.0 Å². The maximum Gasteiger partial charge on any atom is 0.325 e. The molecule has 1 N–H and O–H groups in total. The molecule has 1 rings (SSSR count). The van der Waals surface area contributed by atoms with Crippen LogP contribution < -0.4 is 5.32 Å². The van der Waals surface area contributed by atoms with Gasteiger partial charge in [-0.1, -0.05) is 6.92 Å². The van der Waals surface area contributed by atoms with E-state index in [9.17, 15) is 4.79 Å². The van der Waals surface area contributed by atoms with Crippen LogP contribution in [0.2, 0.25) is 0 Å². The molecule has 1 aromatic rings. The van der Waals surface area contributed by atoms with E-state index >= 15 is 0 Å². The van der Waals surface area contributed by atoms with Gasteiger partial charge in [0.2, 0.25) is 0 Å². The van der Waals surface area contributed by atoms with Crippen LogP contribution in [0.15, 0.2) is 6.07 Å². The van der Waals surface area contributed by atoms with Crippen LogP contribution in [0.1, 0.15) is 25.2 Å². The second kappa shape index (κ2) is 7.38. The number of rotatable bonds is 7. The molecule has 0 saturated carbocycles. The summed E-state index contributed by atoms with van der Waals surface area (Å²) in [5, 5.41) is 6.93. The molecule has 0 aliphatic carbocycles. The molecule has 0 aliphatic heterocycles. The fraction of sp³-hybridized carbons (Fsp3) is 0.667. The molecule has 0 fully saturated rings. The average molecular weight is 274 g/mol. The molecular weight excluding hydrogens is 254 g/mol. The predicted octanol–water partition coefficient (Wildman–Crippen LogP) is 1.34. The minimum absolute atomic E-state index is 0.380. The minimum Gasteiger partial charge on any atom is -0.468 e. The molecule has 1 heterocycles. The molecular formula is C12H20ClN3O2. The van der Waals surface area contributed by atoms with Crippen LogP contribution in [0, 0.1) is 0 Å². The highest BCUT2D eigenvalue weighted by atomic mass is 35.5. The zero-order valence-electron chi connectivity index (χ0n) is 11.1. The molecule has 0 saturated heterocycles. The molecule has 5 nitrogen and oxygen atoms in total. The number of carbonyl (C=O) groups excluding carboxylic acids is 1. The first-order chi connectivity index (χ1) is 8.62. The Balaban J connectivity index is 2.48. The molecule has 1 atom stereocenters. The molecule has 0 bridgehead atoms. The Morgan fingerprint density at radius 1 is 1.61 bits per heavy atom. The largest absolute Gasteiger partial charge is 0.468 e. The van der Waals surface area contributed by atoms with E-state index in [1.807, 2.05) is 4.68 Å². The third-order valence-electron chi connectivity index (χ3n) is 2.66. The van der Waals surface area contributed by atoms with Gasteiger partial charge in [0, 0.05) is 19.6 Å². The molecule has 0 spiro atoms. The van der Waals surface area contributed by atoms with Gasteiger partial charge in [-0.25, -0.2) is 0 Å². The van der Waals surface area contributed by atoms with Gasteiger partial charge in [-0.2, -0.15) is 5.10 Å². The summed E-state index contributed by atoms with van der Waals surface area (Å²) in [7, 11) is 1.33. The lowest BCUT2D eigenvalue weighted by molar-refractivity contribution is -0.140. The van der Waals surface area contributed by atoms with Crippen molar-refractivity contribution in [1.82, 2.24) is 15.1 Å². The average Bonchev–Trinajstić information content (AvgIpc) is 2.80. The lowest BCUT2D eigenvalue weighted by Gasteiger charge is -2.09. The van der Waals surface area contributed by atoms with Crippen molar-refractivity contribution in [3.8, 4) is 0 Å². The lowest BCUT2D eigenvalue weighted by Crippen LogP contribution is -2.30. The fourth-order valence-electron chi connectivity index (χ4n) is 1.64. The summed E-state index contributed by atoms with van der Waals surface area (Å²) in [6, 6.07) is 2.07. The standard InChI is InChI=1S/C12H20ClN3O2/c1-4-9-6-10(16(5-2)15-9)7-14-8-11(13)12(17)18-3/h6,11,14H,4-5,7-8H2,1-3H3. The molecule has 6 heteroatoms. The zero-order chi connectivity index (χ0) is 13.5. The summed E-state index contributed by atoms with van der Waals surface area (Å²) in [4.78, 5) is 11.1. The molecule has 1 aromatic heterocycles. The van der Waals surface area contributed by atoms with Crippen molar-refractivity contribution in [3.63, 3.8) is 0 Å². The van der Waals surface area contributed by atoms with Crippen LogP contribution in [0.4, 0.5) is 0 Å². The second-order valence-corrected chi connectivity index (χ2v) is 4.44. The van der Waals surface area contributed by atoms with Gasteiger partial charge in [0.25, 0.3) is 0 Å². The molecule has 0 aliphatic rings. The Morgan fingerprint density at radius 3 is 2.89 bits per heavy atom. The normalized spacial score (nSPS) is 12.4. The van der Waals surface area contributed by atoms with Gasteiger partial charge in [0.15, 0.2) is 0 Å². The Bertz CT molecular complexity index is 393. The second-order valence-electron chi connectivity index (χ2n) is 3.92. The maximum absolute atomic E-state index is 11.1. The number of aryl methyl sites for hydroxylation is 2. The molecule has 0 radical (unpaired) electrons. The number of carbonyl (C=O) groups is 1. The number of halogens is 1. The van der Waals surface area contributed by atoms with Gasteiger partial charge >= 0.3 is 5.97 Å². The van der Waals surface area contributed by atoms with Crippen molar-refractivity contribution < 1.29 is 9.53 Å². The van der Waals surface area contributed by atoms with Crippen molar-refractivity contribution in [3.05, 3.63) is 17.5 Å². The molecule has 1 unspecified atom stereocenters. The summed E-state index contributed by atoms with van der Waals surface area (Å²) in [5.41, 5.74) is 2.17. The SMILES string of the molecule is CCc1cc(CNCC(Cl)C(=O)OC)n(CC)n1. The number of aromatic nitrogens is 2. The summed E-state index contributed by atoms with van der Waals surface area (Å²) in [5.74, 6) is -0.414. The van der Waals surface area contributed by atoms with E-state index in [4.69, 9.17) is 11.6 Å². The summed E-state index contributed by atoms with van der Waals surface area (Å²) in [6.07, 6.45) is 0.917. The first kappa shape index (κ1) is 15.0. The molecule has 0 aromatic carbocycles. The van der Waals surface area contributed by atoms with Gasteiger partial charge in [-0.3, -0.25) is 9.48 Å². The van der Waals surface area contributed by atoms with Crippen LogP contribution in [0.25, 0.3) is 0 Å². The van der Waals surface area contributed by atoms with Gasteiger partial charge in [-0.15, -0.1) is 11.6 Å². The summed E-state index contributed by atoms with van der Waals surface area (Å²) in [6.45, 7) is 5.98. The molecule has 18 heavy (non-hydrogen) atoms. The monoisotopic (exact) mass is 273 g/mol. The highest BCUT2D eigenvalue weighted by Gasteiger charge is 2.15. The smallest absolute Gasteiger partial charge is 0.325 e. The topological polar surface area (TPSA) is 56.1 Å². The number of nitrogens with zero attached hydrogens (tertiary/aromatic N) is 2.